The number of aromatic nitrogens is 2. The van der Waals surface area contributed by atoms with E-state index in [2.05, 4.69) is 39.2 Å². The van der Waals surface area contributed by atoms with Gasteiger partial charge in [-0.05, 0) is 12.0 Å². The average Bonchev–Trinajstić information content (AvgIpc) is 3.38. The Kier molecular flexibility index (Phi) is 6.01. The van der Waals surface area contributed by atoms with Crippen LogP contribution in [0.15, 0.2) is 35.8 Å². The van der Waals surface area contributed by atoms with E-state index < -0.39 is 5.91 Å². The number of anilines is 1. The third-order valence-electron chi connectivity index (χ3n) is 4.89. The van der Waals surface area contributed by atoms with Crippen LogP contribution in [0.25, 0.3) is 10.9 Å². The highest BCUT2D eigenvalue weighted by Gasteiger charge is 2.19. The van der Waals surface area contributed by atoms with Crippen molar-refractivity contribution in [3.63, 3.8) is 0 Å². The number of thiazole rings is 1. The fourth-order valence-electron chi connectivity index (χ4n) is 3.49. The molecule has 8 nitrogen and oxygen atoms in total. The van der Waals surface area contributed by atoms with Gasteiger partial charge in [-0.3, -0.25) is 20.4 Å². The zero-order valence-corrected chi connectivity index (χ0v) is 17.9. The molecule has 0 unspecified atom stereocenters. The SMILES string of the molecule is CC(C)Cn1cc(C(=O)NNC(=O)c2csc(N3CCOCC3)n2)c2ccccc21. The van der Waals surface area contributed by atoms with Gasteiger partial charge in [0, 0.05) is 42.1 Å². The van der Waals surface area contributed by atoms with E-state index in [0.29, 0.717) is 24.7 Å². The molecule has 0 aliphatic carbocycles. The molecule has 1 aliphatic rings. The number of nitrogens with one attached hydrogen (secondary N) is 2. The highest BCUT2D eigenvalue weighted by Crippen LogP contribution is 2.23. The molecule has 0 radical (unpaired) electrons. The summed E-state index contributed by atoms with van der Waals surface area (Å²) in [5, 5.41) is 3.33. The topological polar surface area (TPSA) is 88.5 Å². The summed E-state index contributed by atoms with van der Waals surface area (Å²) in [6.07, 6.45) is 1.84. The predicted molar refractivity (Wildman–Crippen MR) is 117 cm³/mol. The van der Waals surface area contributed by atoms with Crippen LogP contribution in [-0.4, -0.2) is 47.7 Å². The Balaban J connectivity index is 1.43. The van der Waals surface area contributed by atoms with Crippen LogP contribution in [0.4, 0.5) is 5.13 Å². The Hall–Kier alpha value is -2.91. The summed E-state index contributed by atoms with van der Waals surface area (Å²) in [5.74, 6) is -0.350. The van der Waals surface area contributed by atoms with Crippen LogP contribution in [0.2, 0.25) is 0 Å². The molecule has 3 aromatic rings. The highest BCUT2D eigenvalue weighted by molar-refractivity contribution is 7.13. The van der Waals surface area contributed by atoms with Gasteiger partial charge >= 0.3 is 0 Å². The number of ether oxygens (including phenoxy) is 1. The lowest BCUT2D eigenvalue weighted by molar-refractivity contribution is 0.0845. The Morgan fingerprint density at radius 1 is 1.17 bits per heavy atom. The number of nitrogens with zero attached hydrogens (tertiary/aromatic N) is 3. The fourth-order valence-corrected chi connectivity index (χ4v) is 4.34. The first kappa shape index (κ1) is 20.4. The second-order valence-corrected chi connectivity index (χ2v) is 8.47. The van der Waals surface area contributed by atoms with Crippen molar-refractivity contribution < 1.29 is 14.3 Å². The molecular weight excluding hydrogens is 402 g/mol. The number of morpholine rings is 1. The van der Waals surface area contributed by atoms with Crippen molar-refractivity contribution in [3.8, 4) is 0 Å². The van der Waals surface area contributed by atoms with Crippen LogP contribution in [0.1, 0.15) is 34.7 Å². The van der Waals surface area contributed by atoms with Crippen LogP contribution in [0.5, 0.6) is 0 Å². The molecule has 4 rings (SSSR count). The first-order valence-electron chi connectivity index (χ1n) is 9.99. The molecule has 158 valence electrons. The highest BCUT2D eigenvalue weighted by atomic mass is 32.1. The van der Waals surface area contributed by atoms with Gasteiger partial charge < -0.3 is 14.2 Å². The molecule has 2 aromatic heterocycles. The molecular formula is C21H25N5O3S. The standard InChI is InChI=1S/C21H25N5O3S/c1-14(2)11-26-12-16(15-5-3-4-6-18(15)26)19(27)23-24-20(28)17-13-30-21(22-17)25-7-9-29-10-8-25/h3-6,12-14H,7-11H2,1-2H3,(H,23,27)(H,24,28). The number of benzene rings is 1. The zero-order chi connectivity index (χ0) is 21.1. The molecule has 0 atom stereocenters. The van der Waals surface area contributed by atoms with Crippen molar-refractivity contribution in [2.45, 2.75) is 20.4 Å². The van der Waals surface area contributed by atoms with E-state index in [1.807, 2.05) is 30.5 Å². The van der Waals surface area contributed by atoms with Gasteiger partial charge in [-0.25, -0.2) is 4.98 Å². The average molecular weight is 428 g/mol. The lowest BCUT2D eigenvalue weighted by Gasteiger charge is -2.25. The molecule has 0 spiro atoms. The minimum absolute atomic E-state index is 0.282. The third kappa shape index (κ3) is 4.31. The van der Waals surface area contributed by atoms with Crippen molar-refractivity contribution in [1.29, 1.82) is 0 Å². The normalized spacial score (nSPS) is 14.3. The molecule has 2 amide bonds. The number of para-hydroxylation sites is 1. The largest absolute Gasteiger partial charge is 0.378 e. The summed E-state index contributed by atoms with van der Waals surface area (Å²) in [6.45, 7) is 7.89. The van der Waals surface area contributed by atoms with E-state index in [-0.39, 0.29) is 11.6 Å². The van der Waals surface area contributed by atoms with Crippen molar-refractivity contribution in [2.24, 2.45) is 5.92 Å². The van der Waals surface area contributed by atoms with E-state index in [0.717, 1.165) is 35.7 Å². The number of rotatable bonds is 5. The first-order valence-corrected chi connectivity index (χ1v) is 10.9. The smallest absolute Gasteiger partial charge is 0.289 e. The van der Waals surface area contributed by atoms with Crippen molar-refractivity contribution in [3.05, 3.63) is 47.1 Å². The number of carbonyl (C=O) groups excluding carboxylic acids is 2. The van der Waals surface area contributed by atoms with Gasteiger partial charge in [-0.15, -0.1) is 11.3 Å². The molecule has 1 fully saturated rings. The van der Waals surface area contributed by atoms with E-state index in [1.165, 1.54) is 11.3 Å². The van der Waals surface area contributed by atoms with E-state index in [9.17, 15) is 9.59 Å². The Morgan fingerprint density at radius 2 is 1.90 bits per heavy atom. The number of fused-ring (bicyclic) bond motifs is 1. The van der Waals surface area contributed by atoms with Crippen molar-refractivity contribution in [2.75, 3.05) is 31.2 Å². The van der Waals surface area contributed by atoms with Crippen LogP contribution >= 0.6 is 11.3 Å². The van der Waals surface area contributed by atoms with Gasteiger partial charge in [0.1, 0.15) is 5.69 Å². The number of hydrazine groups is 1. The minimum Gasteiger partial charge on any atom is -0.378 e. The molecule has 0 saturated carbocycles. The summed E-state index contributed by atoms with van der Waals surface area (Å²) < 4.78 is 7.42. The summed E-state index contributed by atoms with van der Waals surface area (Å²) >= 11 is 1.41. The maximum atomic E-state index is 12.8. The Bertz CT molecular complexity index is 1050. The molecule has 30 heavy (non-hydrogen) atoms. The molecule has 2 N–H and O–H groups in total. The van der Waals surface area contributed by atoms with E-state index in [1.54, 1.807) is 5.38 Å². The second-order valence-electron chi connectivity index (χ2n) is 7.63. The molecule has 0 bridgehead atoms. The van der Waals surface area contributed by atoms with Crippen LogP contribution < -0.4 is 15.8 Å². The monoisotopic (exact) mass is 427 g/mol. The number of hydrogen-bond donors (Lipinski definition) is 2. The van der Waals surface area contributed by atoms with Crippen LogP contribution in [-0.2, 0) is 11.3 Å². The second kappa shape index (κ2) is 8.85. The third-order valence-corrected chi connectivity index (χ3v) is 5.79. The number of hydrogen-bond acceptors (Lipinski definition) is 6. The molecule has 1 aliphatic heterocycles. The molecule has 1 aromatic carbocycles. The summed E-state index contributed by atoms with van der Waals surface area (Å²) in [4.78, 5) is 31.7. The number of amides is 2. The molecule has 3 heterocycles. The summed E-state index contributed by atoms with van der Waals surface area (Å²) in [6, 6.07) is 7.77. The van der Waals surface area contributed by atoms with E-state index >= 15 is 0 Å². The van der Waals surface area contributed by atoms with Crippen LogP contribution in [0.3, 0.4) is 0 Å². The Labute approximate surface area is 178 Å². The number of carbonyl (C=O) groups is 2. The van der Waals surface area contributed by atoms with Gasteiger partial charge in [0.25, 0.3) is 11.8 Å². The van der Waals surface area contributed by atoms with Gasteiger partial charge in [0.15, 0.2) is 5.13 Å². The maximum absolute atomic E-state index is 12.8. The van der Waals surface area contributed by atoms with Gasteiger partial charge in [-0.1, -0.05) is 32.0 Å². The summed E-state index contributed by atoms with van der Waals surface area (Å²) in [5.41, 5.74) is 6.81. The first-order chi connectivity index (χ1) is 14.5. The fraction of sp³-hybridized carbons (Fsp3) is 0.381. The lowest BCUT2D eigenvalue weighted by atomic mass is 10.1. The lowest BCUT2D eigenvalue weighted by Crippen LogP contribution is -2.41. The molecule has 1 saturated heterocycles. The molecule has 9 heteroatoms. The zero-order valence-electron chi connectivity index (χ0n) is 17.1. The van der Waals surface area contributed by atoms with Crippen molar-refractivity contribution in [1.82, 2.24) is 20.4 Å². The van der Waals surface area contributed by atoms with E-state index in [4.69, 9.17) is 4.74 Å². The minimum atomic E-state index is -0.440. The quantitative estimate of drug-likeness (QED) is 0.611. The Morgan fingerprint density at radius 3 is 2.67 bits per heavy atom. The predicted octanol–water partition coefficient (Wildman–Crippen LogP) is 2.67. The van der Waals surface area contributed by atoms with Gasteiger partial charge in [0.2, 0.25) is 0 Å². The summed E-state index contributed by atoms with van der Waals surface area (Å²) in [7, 11) is 0. The van der Waals surface area contributed by atoms with Gasteiger partial charge in [0.05, 0.1) is 18.8 Å². The maximum Gasteiger partial charge on any atom is 0.289 e. The van der Waals surface area contributed by atoms with Crippen LogP contribution in [0, 0.1) is 5.92 Å². The van der Waals surface area contributed by atoms with Crippen molar-refractivity contribution >= 4 is 39.2 Å². The van der Waals surface area contributed by atoms with Gasteiger partial charge in [-0.2, -0.15) is 0 Å².